The van der Waals surface area contributed by atoms with Crippen molar-refractivity contribution in [2.45, 2.75) is 69.9 Å². The van der Waals surface area contributed by atoms with Crippen LogP contribution in [0.15, 0.2) is 0 Å². The minimum Gasteiger partial charge on any atom is -0.368 e. The summed E-state index contributed by atoms with van der Waals surface area (Å²) >= 11 is 0. The van der Waals surface area contributed by atoms with E-state index < -0.39 is 0 Å². The Labute approximate surface area is 110 Å². The van der Waals surface area contributed by atoms with Gasteiger partial charge in [-0.2, -0.15) is 0 Å². The fourth-order valence-electron chi connectivity index (χ4n) is 4.58. The summed E-state index contributed by atoms with van der Waals surface area (Å²) in [6.07, 6.45) is 10.2. The highest BCUT2D eigenvalue weighted by Crippen LogP contribution is 2.46. The first-order valence-electron chi connectivity index (χ1n) is 7.70. The summed E-state index contributed by atoms with van der Waals surface area (Å²) in [6, 6.07) is 0.636. The fourth-order valence-corrected chi connectivity index (χ4v) is 4.58. The summed E-state index contributed by atoms with van der Waals surface area (Å²) in [7, 11) is 0. The van der Waals surface area contributed by atoms with Gasteiger partial charge in [0, 0.05) is 6.04 Å². The SMILES string of the molecule is CC(C(N)=O)(C1CCC1)N1CCCC2CCCC21. The molecule has 0 aromatic carbocycles. The van der Waals surface area contributed by atoms with E-state index in [1.165, 1.54) is 51.4 Å². The third-order valence-electron chi connectivity index (χ3n) is 5.99. The number of hydrogen-bond acceptors (Lipinski definition) is 2. The highest BCUT2D eigenvalue weighted by Gasteiger charge is 2.52. The molecular weight excluding hydrogens is 224 g/mol. The standard InChI is InChI=1S/C15H26N2O/c1-15(14(16)18,12-7-3-8-12)17-10-4-6-11-5-2-9-13(11)17/h11-13H,2-10H2,1H3,(H2,16,18). The predicted molar refractivity (Wildman–Crippen MR) is 72.0 cm³/mol. The zero-order valence-corrected chi connectivity index (χ0v) is 11.5. The summed E-state index contributed by atoms with van der Waals surface area (Å²) in [5.41, 5.74) is 5.45. The average Bonchev–Trinajstić information content (AvgIpc) is 2.73. The summed E-state index contributed by atoms with van der Waals surface area (Å²) in [4.78, 5) is 14.6. The third-order valence-corrected chi connectivity index (χ3v) is 5.99. The molecule has 0 aromatic rings. The van der Waals surface area contributed by atoms with Crippen molar-refractivity contribution >= 4 is 5.91 Å². The maximum atomic E-state index is 12.1. The van der Waals surface area contributed by atoms with Crippen LogP contribution >= 0.6 is 0 Å². The van der Waals surface area contributed by atoms with Crippen LogP contribution in [0.2, 0.25) is 0 Å². The van der Waals surface area contributed by atoms with Crippen LogP contribution in [-0.2, 0) is 4.79 Å². The van der Waals surface area contributed by atoms with Gasteiger partial charge in [-0.15, -0.1) is 0 Å². The second kappa shape index (κ2) is 4.52. The molecule has 1 amide bonds. The molecule has 1 aliphatic heterocycles. The zero-order chi connectivity index (χ0) is 12.8. The number of nitrogens with zero attached hydrogens (tertiary/aromatic N) is 1. The van der Waals surface area contributed by atoms with E-state index in [1.807, 2.05) is 0 Å². The van der Waals surface area contributed by atoms with Gasteiger partial charge in [0.1, 0.15) is 5.54 Å². The molecule has 3 atom stereocenters. The first-order valence-corrected chi connectivity index (χ1v) is 7.70. The van der Waals surface area contributed by atoms with Gasteiger partial charge < -0.3 is 5.73 Å². The Balaban J connectivity index is 1.86. The molecule has 18 heavy (non-hydrogen) atoms. The van der Waals surface area contributed by atoms with Gasteiger partial charge in [0.2, 0.25) is 5.91 Å². The number of nitrogens with two attached hydrogens (primary N) is 1. The molecule has 0 bridgehead atoms. The maximum Gasteiger partial charge on any atom is 0.237 e. The zero-order valence-electron chi connectivity index (χ0n) is 11.5. The number of rotatable bonds is 3. The second-order valence-corrected chi connectivity index (χ2v) is 6.73. The third kappa shape index (κ3) is 1.70. The first-order chi connectivity index (χ1) is 8.64. The van der Waals surface area contributed by atoms with Gasteiger partial charge in [-0.05, 0) is 63.8 Å². The minimum absolute atomic E-state index is 0.0836. The maximum absolute atomic E-state index is 12.1. The monoisotopic (exact) mass is 250 g/mol. The van der Waals surface area contributed by atoms with E-state index in [1.54, 1.807) is 0 Å². The van der Waals surface area contributed by atoms with E-state index in [2.05, 4.69) is 11.8 Å². The largest absolute Gasteiger partial charge is 0.368 e. The van der Waals surface area contributed by atoms with Crippen LogP contribution in [0.5, 0.6) is 0 Å². The summed E-state index contributed by atoms with van der Waals surface area (Å²) in [6.45, 7) is 3.21. The van der Waals surface area contributed by atoms with E-state index in [-0.39, 0.29) is 11.4 Å². The lowest BCUT2D eigenvalue weighted by Crippen LogP contribution is -2.66. The number of carbonyl (C=O) groups excluding carboxylic acids is 1. The molecule has 2 aliphatic carbocycles. The van der Waals surface area contributed by atoms with Crippen molar-refractivity contribution in [1.82, 2.24) is 4.90 Å². The number of amides is 1. The van der Waals surface area contributed by atoms with Crippen LogP contribution in [-0.4, -0.2) is 28.9 Å². The number of piperidine rings is 1. The molecule has 3 fully saturated rings. The van der Waals surface area contributed by atoms with Crippen LogP contribution < -0.4 is 5.73 Å². The van der Waals surface area contributed by atoms with Crippen molar-refractivity contribution in [3.63, 3.8) is 0 Å². The molecule has 3 heteroatoms. The van der Waals surface area contributed by atoms with Crippen molar-refractivity contribution in [2.24, 2.45) is 17.6 Å². The van der Waals surface area contributed by atoms with E-state index in [0.29, 0.717) is 12.0 Å². The van der Waals surface area contributed by atoms with Gasteiger partial charge in [0.25, 0.3) is 0 Å². The molecule has 3 aliphatic rings. The lowest BCUT2D eigenvalue weighted by atomic mass is 9.68. The Morgan fingerprint density at radius 3 is 2.39 bits per heavy atom. The number of primary amides is 1. The topological polar surface area (TPSA) is 46.3 Å². The number of likely N-dealkylation sites (tertiary alicyclic amines) is 1. The van der Waals surface area contributed by atoms with Crippen LogP contribution in [0.3, 0.4) is 0 Å². The lowest BCUT2D eigenvalue weighted by Gasteiger charge is -2.53. The molecular formula is C15H26N2O. The molecule has 3 rings (SSSR count). The van der Waals surface area contributed by atoms with Crippen molar-refractivity contribution < 1.29 is 4.79 Å². The van der Waals surface area contributed by atoms with Gasteiger partial charge in [-0.25, -0.2) is 0 Å². The Morgan fingerprint density at radius 1 is 1.11 bits per heavy atom. The van der Waals surface area contributed by atoms with Crippen LogP contribution in [0.4, 0.5) is 0 Å². The Kier molecular flexibility index (Phi) is 3.13. The van der Waals surface area contributed by atoms with Crippen LogP contribution in [0.25, 0.3) is 0 Å². The van der Waals surface area contributed by atoms with Crippen LogP contribution in [0.1, 0.15) is 58.3 Å². The average molecular weight is 250 g/mol. The van der Waals surface area contributed by atoms with E-state index in [0.717, 1.165) is 12.5 Å². The highest BCUT2D eigenvalue weighted by atomic mass is 16.1. The van der Waals surface area contributed by atoms with Gasteiger partial charge in [-0.3, -0.25) is 9.69 Å². The Hall–Kier alpha value is -0.570. The summed E-state index contributed by atoms with van der Waals surface area (Å²) in [5.74, 6) is 1.26. The quantitative estimate of drug-likeness (QED) is 0.835. The second-order valence-electron chi connectivity index (χ2n) is 6.73. The molecule has 3 unspecified atom stereocenters. The molecule has 0 radical (unpaired) electrons. The fraction of sp³-hybridized carbons (Fsp3) is 0.933. The molecule has 1 saturated heterocycles. The molecule has 0 aromatic heterocycles. The molecule has 2 saturated carbocycles. The molecule has 0 spiro atoms. The predicted octanol–water partition coefficient (Wildman–Crippen LogP) is 2.29. The minimum atomic E-state index is -0.369. The first kappa shape index (κ1) is 12.5. The van der Waals surface area contributed by atoms with Crippen molar-refractivity contribution in [1.29, 1.82) is 0 Å². The smallest absolute Gasteiger partial charge is 0.237 e. The Morgan fingerprint density at radius 2 is 1.78 bits per heavy atom. The van der Waals surface area contributed by atoms with E-state index in [4.69, 9.17) is 5.73 Å². The number of carbonyl (C=O) groups is 1. The molecule has 1 heterocycles. The van der Waals surface area contributed by atoms with E-state index >= 15 is 0 Å². The highest BCUT2D eigenvalue weighted by molar-refractivity contribution is 5.84. The van der Waals surface area contributed by atoms with Gasteiger partial charge in [0.15, 0.2) is 0 Å². The Bertz CT molecular complexity index is 339. The number of hydrogen-bond donors (Lipinski definition) is 1. The molecule has 102 valence electrons. The number of fused-ring (bicyclic) bond motifs is 1. The molecule has 3 nitrogen and oxygen atoms in total. The van der Waals surface area contributed by atoms with Crippen molar-refractivity contribution in [2.75, 3.05) is 6.54 Å². The van der Waals surface area contributed by atoms with Gasteiger partial charge in [-0.1, -0.05) is 12.8 Å². The lowest BCUT2D eigenvalue weighted by molar-refractivity contribution is -0.141. The molecule has 2 N–H and O–H groups in total. The van der Waals surface area contributed by atoms with Crippen molar-refractivity contribution in [3.05, 3.63) is 0 Å². The van der Waals surface area contributed by atoms with Crippen LogP contribution in [0, 0.1) is 11.8 Å². The normalized spacial score (nSPS) is 36.7. The summed E-state index contributed by atoms with van der Waals surface area (Å²) in [5, 5.41) is 0. The van der Waals surface area contributed by atoms with E-state index in [9.17, 15) is 4.79 Å². The van der Waals surface area contributed by atoms with Gasteiger partial charge in [0.05, 0.1) is 0 Å². The van der Waals surface area contributed by atoms with Gasteiger partial charge >= 0.3 is 0 Å². The van der Waals surface area contributed by atoms with Crippen molar-refractivity contribution in [3.8, 4) is 0 Å². The summed E-state index contributed by atoms with van der Waals surface area (Å²) < 4.78 is 0.